The van der Waals surface area contributed by atoms with E-state index in [4.69, 9.17) is 0 Å². The van der Waals surface area contributed by atoms with E-state index >= 15 is 0 Å². The van der Waals surface area contributed by atoms with Crippen molar-refractivity contribution in [1.82, 2.24) is 10.6 Å². The molecule has 0 heterocycles. The van der Waals surface area contributed by atoms with Gasteiger partial charge in [0, 0.05) is 12.1 Å². The van der Waals surface area contributed by atoms with Crippen LogP contribution in [0.4, 0.5) is 22.4 Å². The van der Waals surface area contributed by atoms with Gasteiger partial charge in [0.25, 0.3) is 0 Å². The van der Waals surface area contributed by atoms with E-state index in [9.17, 15) is 22.4 Å². The molecule has 0 aliphatic carbocycles. The van der Waals surface area contributed by atoms with Gasteiger partial charge in [-0.05, 0) is 49.4 Å². The maximum atomic E-state index is 13.3. The van der Waals surface area contributed by atoms with E-state index in [1.165, 1.54) is 0 Å². The van der Waals surface area contributed by atoms with Crippen molar-refractivity contribution < 1.29 is 22.4 Å². The smallest absolute Gasteiger partial charge is 0.334 e. The Balaban J connectivity index is 2.70. The van der Waals surface area contributed by atoms with Crippen LogP contribution < -0.4 is 10.6 Å². The molecular formula is C17H24F4N2O. The molecule has 7 heteroatoms. The van der Waals surface area contributed by atoms with Crippen LogP contribution in [0.5, 0.6) is 0 Å². The number of urea groups is 1. The molecule has 0 saturated carbocycles. The largest absolute Gasteiger partial charge is 0.416 e. The summed E-state index contributed by atoms with van der Waals surface area (Å²) < 4.78 is 51.3. The van der Waals surface area contributed by atoms with E-state index in [1.807, 2.05) is 34.6 Å². The molecule has 3 nitrogen and oxygen atoms in total. The molecule has 136 valence electrons. The summed E-state index contributed by atoms with van der Waals surface area (Å²) in [5, 5.41) is 5.24. The molecule has 1 rings (SSSR count). The number of rotatable bonds is 4. The summed E-state index contributed by atoms with van der Waals surface area (Å²) in [5.74, 6) is -0.991. The van der Waals surface area contributed by atoms with E-state index in [0.29, 0.717) is 12.5 Å². The molecule has 0 unspecified atom stereocenters. The van der Waals surface area contributed by atoms with Crippen molar-refractivity contribution in [3.63, 3.8) is 0 Å². The molecule has 0 aromatic heterocycles. The summed E-state index contributed by atoms with van der Waals surface area (Å²) in [6.07, 6.45) is -3.92. The zero-order valence-corrected chi connectivity index (χ0v) is 14.6. The SMILES string of the molecule is CC(C)(C)CC(C)(C)NC(=O)NCc1cc(F)cc(C(F)(F)F)c1. The van der Waals surface area contributed by atoms with E-state index in [-0.39, 0.29) is 17.5 Å². The Morgan fingerprint density at radius 3 is 2.12 bits per heavy atom. The molecule has 0 spiro atoms. The predicted octanol–water partition coefficient (Wildman–Crippen LogP) is 4.86. The zero-order valence-electron chi connectivity index (χ0n) is 14.6. The maximum Gasteiger partial charge on any atom is 0.416 e. The molecule has 1 aromatic rings. The van der Waals surface area contributed by atoms with Crippen molar-refractivity contribution in [2.24, 2.45) is 5.41 Å². The van der Waals surface area contributed by atoms with Gasteiger partial charge in [-0.1, -0.05) is 20.8 Å². The second kappa shape index (κ2) is 6.99. The van der Waals surface area contributed by atoms with Crippen LogP contribution in [0.1, 0.15) is 52.2 Å². The van der Waals surface area contributed by atoms with Gasteiger partial charge in [0.1, 0.15) is 5.82 Å². The third-order valence-electron chi connectivity index (χ3n) is 3.16. The maximum absolute atomic E-state index is 13.3. The molecule has 1 aromatic carbocycles. The van der Waals surface area contributed by atoms with Gasteiger partial charge in [0.15, 0.2) is 0 Å². The van der Waals surface area contributed by atoms with Crippen LogP contribution >= 0.6 is 0 Å². The average Bonchev–Trinajstić information content (AvgIpc) is 2.30. The summed E-state index contributed by atoms with van der Waals surface area (Å²) in [7, 11) is 0. The lowest BCUT2D eigenvalue weighted by molar-refractivity contribution is -0.137. The molecule has 0 radical (unpaired) electrons. The van der Waals surface area contributed by atoms with Crippen LogP contribution in [0.15, 0.2) is 18.2 Å². The second-order valence-electron chi connectivity index (χ2n) is 7.77. The summed E-state index contributed by atoms with van der Waals surface area (Å²) in [5.41, 5.74) is -1.51. The van der Waals surface area contributed by atoms with Crippen molar-refractivity contribution in [2.45, 2.75) is 59.3 Å². The third-order valence-corrected chi connectivity index (χ3v) is 3.16. The van der Waals surface area contributed by atoms with E-state index < -0.39 is 29.1 Å². The molecule has 0 saturated heterocycles. The van der Waals surface area contributed by atoms with Crippen LogP contribution in [0.3, 0.4) is 0 Å². The summed E-state index contributed by atoms with van der Waals surface area (Å²) in [4.78, 5) is 11.9. The molecule has 0 bridgehead atoms. The van der Waals surface area contributed by atoms with Crippen LogP contribution in [-0.4, -0.2) is 11.6 Å². The summed E-state index contributed by atoms with van der Waals surface area (Å²) in [6, 6.07) is 1.71. The van der Waals surface area contributed by atoms with Crippen molar-refractivity contribution >= 4 is 6.03 Å². The van der Waals surface area contributed by atoms with Crippen LogP contribution in [-0.2, 0) is 12.7 Å². The van der Waals surface area contributed by atoms with Crippen LogP contribution in [0.2, 0.25) is 0 Å². The number of hydrogen-bond acceptors (Lipinski definition) is 1. The number of carbonyl (C=O) groups excluding carboxylic acids is 1. The van der Waals surface area contributed by atoms with E-state index in [0.717, 1.165) is 12.1 Å². The number of carbonyl (C=O) groups is 1. The fourth-order valence-corrected chi connectivity index (χ4v) is 2.82. The van der Waals surface area contributed by atoms with Crippen molar-refractivity contribution in [3.8, 4) is 0 Å². The van der Waals surface area contributed by atoms with Gasteiger partial charge >= 0.3 is 12.2 Å². The molecule has 0 fully saturated rings. The fourth-order valence-electron chi connectivity index (χ4n) is 2.82. The zero-order chi connectivity index (χ0) is 18.8. The molecule has 24 heavy (non-hydrogen) atoms. The first-order valence-corrected chi connectivity index (χ1v) is 7.61. The number of halogens is 4. The number of amides is 2. The number of nitrogens with one attached hydrogen (secondary N) is 2. The third kappa shape index (κ3) is 7.19. The first kappa shape index (κ1) is 20.3. The monoisotopic (exact) mass is 348 g/mol. The lowest BCUT2D eigenvalue weighted by atomic mass is 9.82. The Labute approximate surface area is 139 Å². The molecule has 0 aliphatic heterocycles. The first-order chi connectivity index (χ1) is 10.7. The minimum Gasteiger partial charge on any atom is -0.334 e. The first-order valence-electron chi connectivity index (χ1n) is 7.61. The predicted molar refractivity (Wildman–Crippen MR) is 84.9 cm³/mol. The highest BCUT2D eigenvalue weighted by atomic mass is 19.4. The Hall–Kier alpha value is -1.79. The van der Waals surface area contributed by atoms with Crippen molar-refractivity contribution in [1.29, 1.82) is 0 Å². The van der Waals surface area contributed by atoms with E-state index in [2.05, 4.69) is 10.6 Å². The standard InChI is InChI=1S/C17H24F4N2O/c1-15(2,3)10-16(4,5)23-14(24)22-9-11-6-12(17(19,20)21)8-13(18)7-11/h6-8H,9-10H2,1-5H3,(H2,22,23,24). The molecule has 2 N–H and O–H groups in total. The second-order valence-corrected chi connectivity index (χ2v) is 7.77. The quantitative estimate of drug-likeness (QED) is 0.750. The normalized spacial score (nSPS) is 12.9. The lowest BCUT2D eigenvalue weighted by Gasteiger charge is -2.33. The van der Waals surface area contributed by atoms with Gasteiger partial charge in [0.05, 0.1) is 5.56 Å². The van der Waals surface area contributed by atoms with Crippen molar-refractivity contribution in [2.75, 3.05) is 0 Å². The number of alkyl halides is 3. The molecule has 2 amide bonds. The van der Waals surface area contributed by atoms with E-state index in [1.54, 1.807) is 0 Å². The Bertz CT molecular complexity index is 589. The molecular weight excluding hydrogens is 324 g/mol. The van der Waals surface area contributed by atoms with Gasteiger partial charge < -0.3 is 10.6 Å². The fraction of sp³-hybridized carbons (Fsp3) is 0.588. The summed E-state index contributed by atoms with van der Waals surface area (Å²) in [6.45, 7) is 9.65. The Kier molecular flexibility index (Phi) is 5.90. The highest BCUT2D eigenvalue weighted by Gasteiger charge is 2.31. The number of hydrogen-bond donors (Lipinski definition) is 2. The van der Waals surface area contributed by atoms with Gasteiger partial charge in [-0.15, -0.1) is 0 Å². The topological polar surface area (TPSA) is 41.1 Å². The molecule has 0 aliphatic rings. The minimum absolute atomic E-state index is 0.000941. The number of benzene rings is 1. The van der Waals surface area contributed by atoms with Gasteiger partial charge in [-0.25, -0.2) is 9.18 Å². The van der Waals surface area contributed by atoms with Gasteiger partial charge in [0.2, 0.25) is 0 Å². The molecule has 0 atom stereocenters. The minimum atomic E-state index is -4.63. The van der Waals surface area contributed by atoms with Crippen molar-refractivity contribution in [3.05, 3.63) is 35.1 Å². The van der Waals surface area contributed by atoms with Crippen LogP contribution in [0, 0.1) is 11.2 Å². The highest BCUT2D eigenvalue weighted by molar-refractivity contribution is 5.74. The average molecular weight is 348 g/mol. The lowest BCUT2D eigenvalue weighted by Crippen LogP contribution is -2.49. The van der Waals surface area contributed by atoms with Gasteiger partial charge in [-0.2, -0.15) is 13.2 Å². The van der Waals surface area contributed by atoms with Crippen LogP contribution in [0.25, 0.3) is 0 Å². The Morgan fingerprint density at radius 2 is 1.62 bits per heavy atom. The highest BCUT2D eigenvalue weighted by Crippen LogP contribution is 2.30. The van der Waals surface area contributed by atoms with Gasteiger partial charge in [-0.3, -0.25) is 0 Å². The Morgan fingerprint density at radius 1 is 1.04 bits per heavy atom. The summed E-state index contributed by atoms with van der Waals surface area (Å²) >= 11 is 0.